The van der Waals surface area contributed by atoms with Gasteiger partial charge in [-0.1, -0.05) is 6.07 Å². The normalized spacial score (nSPS) is 14.2. The Morgan fingerprint density at radius 1 is 1.45 bits per heavy atom. The lowest BCUT2D eigenvalue weighted by molar-refractivity contribution is -0.116. The Bertz CT molecular complexity index is 681. The van der Waals surface area contributed by atoms with E-state index in [9.17, 15) is 4.79 Å². The monoisotopic (exact) mass is 288 g/mol. The Hall–Kier alpha value is -2.25. The van der Waals surface area contributed by atoms with Crippen molar-refractivity contribution < 1.29 is 10.0 Å². The SMILES string of the molecule is O=C1CCc2cc(-c3csc(/N=C/NO)n3)ccc2N1. The average molecular weight is 288 g/mol. The van der Waals surface area contributed by atoms with Gasteiger partial charge in [0.15, 0.2) is 0 Å². The van der Waals surface area contributed by atoms with Gasteiger partial charge in [-0.2, -0.15) is 0 Å². The number of aromatic nitrogens is 1. The number of thiazole rings is 1. The van der Waals surface area contributed by atoms with E-state index in [0.717, 1.165) is 28.9 Å². The van der Waals surface area contributed by atoms with Crippen LogP contribution >= 0.6 is 11.3 Å². The first kappa shape index (κ1) is 12.8. The molecule has 7 heteroatoms. The smallest absolute Gasteiger partial charge is 0.224 e. The summed E-state index contributed by atoms with van der Waals surface area (Å²) in [5, 5.41) is 13.8. The highest BCUT2D eigenvalue weighted by molar-refractivity contribution is 7.13. The van der Waals surface area contributed by atoms with Gasteiger partial charge in [0, 0.05) is 23.1 Å². The minimum atomic E-state index is 0.0621. The highest BCUT2D eigenvalue weighted by Gasteiger charge is 2.15. The van der Waals surface area contributed by atoms with Gasteiger partial charge >= 0.3 is 0 Å². The maximum atomic E-state index is 11.3. The number of benzene rings is 1. The quantitative estimate of drug-likeness (QED) is 0.459. The van der Waals surface area contributed by atoms with Gasteiger partial charge in [-0.25, -0.2) is 9.98 Å². The number of fused-ring (bicyclic) bond motifs is 1. The fourth-order valence-corrected chi connectivity index (χ4v) is 2.75. The third kappa shape index (κ3) is 2.54. The zero-order chi connectivity index (χ0) is 13.9. The average Bonchev–Trinajstić information content (AvgIpc) is 2.93. The molecule has 0 saturated carbocycles. The molecule has 0 aliphatic carbocycles. The Morgan fingerprint density at radius 2 is 2.35 bits per heavy atom. The van der Waals surface area contributed by atoms with Crippen LogP contribution in [0.5, 0.6) is 0 Å². The van der Waals surface area contributed by atoms with Gasteiger partial charge < -0.3 is 5.32 Å². The largest absolute Gasteiger partial charge is 0.326 e. The van der Waals surface area contributed by atoms with Gasteiger partial charge in [0.1, 0.15) is 6.34 Å². The van der Waals surface area contributed by atoms with E-state index in [2.05, 4.69) is 15.3 Å². The third-order valence-corrected chi connectivity index (χ3v) is 3.77. The summed E-state index contributed by atoms with van der Waals surface area (Å²) >= 11 is 1.39. The van der Waals surface area contributed by atoms with E-state index in [4.69, 9.17) is 5.21 Å². The van der Waals surface area contributed by atoms with Crippen molar-refractivity contribution in [1.82, 2.24) is 10.5 Å². The molecule has 3 rings (SSSR count). The Morgan fingerprint density at radius 3 is 3.20 bits per heavy atom. The first-order valence-electron chi connectivity index (χ1n) is 6.07. The fourth-order valence-electron chi connectivity index (χ4n) is 2.08. The van der Waals surface area contributed by atoms with Crippen molar-refractivity contribution in [2.75, 3.05) is 5.32 Å². The van der Waals surface area contributed by atoms with E-state index in [0.29, 0.717) is 11.6 Å². The highest BCUT2D eigenvalue weighted by Crippen LogP contribution is 2.31. The van der Waals surface area contributed by atoms with Crippen LogP contribution in [-0.4, -0.2) is 22.4 Å². The first-order chi connectivity index (χ1) is 9.76. The number of nitrogens with one attached hydrogen (secondary N) is 2. The van der Waals surface area contributed by atoms with Gasteiger partial charge in [0.05, 0.1) is 5.69 Å². The number of rotatable bonds is 3. The number of hydroxylamine groups is 1. The van der Waals surface area contributed by atoms with Gasteiger partial charge in [-0.15, -0.1) is 11.3 Å². The van der Waals surface area contributed by atoms with Crippen molar-refractivity contribution in [2.45, 2.75) is 12.8 Å². The predicted octanol–water partition coefficient (Wildman–Crippen LogP) is 2.33. The molecule has 0 bridgehead atoms. The summed E-state index contributed by atoms with van der Waals surface area (Å²) in [6, 6.07) is 5.87. The van der Waals surface area contributed by atoms with Crippen molar-refractivity contribution >= 4 is 34.4 Å². The minimum Gasteiger partial charge on any atom is -0.326 e. The number of anilines is 1. The van der Waals surface area contributed by atoms with Crippen molar-refractivity contribution in [3.05, 3.63) is 29.1 Å². The molecule has 1 aromatic heterocycles. The van der Waals surface area contributed by atoms with Crippen molar-refractivity contribution in [2.24, 2.45) is 4.99 Å². The number of aryl methyl sites for hydroxylation is 1. The molecule has 20 heavy (non-hydrogen) atoms. The van der Waals surface area contributed by atoms with Gasteiger partial charge in [-0.05, 0) is 24.1 Å². The second kappa shape index (κ2) is 5.40. The number of carbonyl (C=O) groups excluding carboxylic acids is 1. The Kier molecular flexibility index (Phi) is 3.44. The molecule has 1 aliphatic heterocycles. The zero-order valence-electron chi connectivity index (χ0n) is 10.5. The molecule has 1 aliphatic rings. The third-order valence-electron chi connectivity index (χ3n) is 3.02. The van der Waals surface area contributed by atoms with Crippen LogP contribution in [0, 0.1) is 0 Å². The number of amides is 1. The fraction of sp³-hybridized carbons (Fsp3) is 0.154. The van der Waals surface area contributed by atoms with Crippen LogP contribution in [0.4, 0.5) is 10.8 Å². The summed E-state index contributed by atoms with van der Waals surface area (Å²) < 4.78 is 0. The van der Waals surface area contributed by atoms with E-state index in [1.165, 1.54) is 17.7 Å². The molecule has 0 fully saturated rings. The van der Waals surface area contributed by atoms with Gasteiger partial charge in [0.2, 0.25) is 11.0 Å². The number of hydrogen-bond donors (Lipinski definition) is 3. The molecule has 0 saturated heterocycles. The standard InChI is InChI=1S/C13H12N4O2S/c18-12-4-2-8-5-9(1-3-10(8)16-12)11-6-20-13(17-11)14-7-15-19/h1,3,5-7,19H,2,4H2,(H,16,18)(H,14,15,17). The molecule has 102 valence electrons. The van der Waals surface area contributed by atoms with Crippen LogP contribution in [-0.2, 0) is 11.2 Å². The van der Waals surface area contributed by atoms with E-state index in [1.54, 1.807) is 0 Å². The Labute approximate surface area is 119 Å². The molecule has 1 aromatic carbocycles. The van der Waals surface area contributed by atoms with E-state index in [1.807, 2.05) is 29.1 Å². The number of carbonyl (C=O) groups is 1. The number of nitrogens with zero attached hydrogens (tertiary/aromatic N) is 2. The molecular formula is C13H12N4O2S. The molecule has 2 heterocycles. The predicted molar refractivity (Wildman–Crippen MR) is 77.6 cm³/mol. The van der Waals surface area contributed by atoms with E-state index >= 15 is 0 Å². The maximum Gasteiger partial charge on any atom is 0.224 e. The second-order valence-electron chi connectivity index (χ2n) is 4.32. The molecular weight excluding hydrogens is 276 g/mol. The van der Waals surface area contributed by atoms with Crippen LogP contribution in [0.2, 0.25) is 0 Å². The summed E-state index contributed by atoms with van der Waals surface area (Å²) in [6.45, 7) is 0. The van der Waals surface area contributed by atoms with E-state index in [-0.39, 0.29) is 5.91 Å². The van der Waals surface area contributed by atoms with Crippen molar-refractivity contribution in [1.29, 1.82) is 0 Å². The first-order valence-corrected chi connectivity index (χ1v) is 6.95. The molecule has 3 N–H and O–H groups in total. The molecule has 2 aromatic rings. The summed E-state index contributed by atoms with van der Waals surface area (Å²) in [4.78, 5) is 19.6. The molecule has 0 unspecified atom stereocenters. The topological polar surface area (TPSA) is 86.6 Å². The van der Waals surface area contributed by atoms with Gasteiger partial charge in [0.25, 0.3) is 0 Å². The van der Waals surface area contributed by atoms with Crippen LogP contribution in [0.1, 0.15) is 12.0 Å². The molecule has 1 amide bonds. The second-order valence-corrected chi connectivity index (χ2v) is 5.16. The van der Waals surface area contributed by atoms with Crippen LogP contribution in [0.15, 0.2) is 28.6 Å². The lowest BCUT2D eigenvalue weighted by Crippen LogP contribution is -2.18. The number of hydrogen-bond acceptors (Lipinski definition) is 5. The molecule has 0 spiro atoms. The summed E-state index contributed by atoms with van der Waals surface area (Å²) in [6.07, 6.45) is 2.44. The summed E-state index contributed by atoms with van der Waals surface area (Å²) in [5.74, 6) is 0.0621. The molecule has 0 radical (unpaired) electrons. The summed E-state index contributed by atoms with van der Waals surface area (Å²) in [7, 11) is 0. The maximum absolute atomic E-state index is 11.3. The molecule has 0 atom stereocenters. The highest BCUT2D eigenvalue weighted by atomic mass is 32.1. The van der Waals surface area contributed by atoms with Crippen molar-refractivity contribution in [3.8, 4) is 11.3 Å². The summed E-state index contributed by atoms with van der Waals surface area (Å²) in [5.41, 5.74) is 5.67. The number of aliphatic imine (C=N–C) groups is 1. The lowest BCUT2D eigenvalue weighted by atomic mass is 9.99. The molecule has 6 nitrogen and oxygen atoms in total. The lowest BCUT2D eigenvalue weighted by Gasteiger charge is -2.17. The van der Waals surface area contributed by atoms with Crippen LogP contribution in [0.3, 0.4) is 0 Å². The zero-order valence-corrected chi connectivity index (χ0v) is 11.3. The van der Waals surface area contributed by atoms with Crippen LogP contribution in [0.25, 0.3) is 11.3 Å². The van der Waals surface area contributed by atoms with Gasteiger partial charge in [-0.3, -0.25) is 15.5 Å². The minimum absolute atomic E-state index is 0.0621. The van der Waals surface area contributed by atoms with Crippen LogP contribution < -0.4 is 10.8 Å². The Balaban J connectivity index is 1.89. The van der Waals surface area contributed by atoms with Crippen molar-refractivity contribution in [3.63, 3.8) is 0 Å². The van der Waals surface area contributed by atoms with E-state index < -0.39 is 0 Å².